The standard InChI is InChI=1S/C28H32N4O3/c1-4-34-22-17-23-25(30-18-22)24(27(33)31-15-13-29-14-16-31)28(32(23)21-11-6-5-7-12-21)35-26-19(2)9-8-10-20(26)3/h5-6,8-11,17-18,29H,4,7,12-16H2,1-3H3. The molecular weight excluding hydrogens is 440 g/mol. The molecular formula is C28H32N4O3. The number of pyridine rings is 1. The number of amides is 1. The normalized spacial score (nSPS) is 15.9. The molecule has 1 N–H and O–H groups in total. The summed E-state index contributed by atoms with van der Waals surface area (Å²) in [5, 5.41) is 3.33. The van der Waals surface area contributed by atoms with Crippen molar-refractivity contribution in [3.8, 4) is 17.4 Å². The Hall–Kier alpha value is -3.58. The van der Waals surface area contributed by atoms with Crippen LogP contribution in [0.25, 0.3) is 16.7 Å². The van der Waals surface area contributed by atoms with Crippen molar-refractivity contribution in [2.45, 2.75) is 33.6 Å². The van der Waals surface area contributed by atoms with Gasteiger partial charge in [-0.2, -0.15) is 0 Å². The van der Waals surface area contributed by atoms with E-state index in [9.17, 15) is 4.79 Å². The van der Waals surface area contributed by atoms with Crippen LogP contribution >= 0.6 is 0 Å². The van der Waals surface area contributed by atoms with Gasteiger partial charge in [-0.25, -0.2) is 4.98 Å². The number of rotatable bonds is 6. The number of benzene rings is 1. The molecule has 182 valence electrons. The number of aryl methyl sites for hydroxylation is 2. The van der Waals surface area contributed by atoms with Crippen LogP contribution in [0.15, 0.2) is 48.7 Å². The minimum absolute atomic E-state index is 0.0555. The van der Waals surface area contributed by atoms with Crippen LogP contribution in [-0.2, 0) is 0 Å². The largest absolute Gasteiger partial charge is 0.492 e. The molecule has 5 rings (SSSR count). The lowest BCUT2D eigenvalue weighted by Crippen LogP contribution is -2.46. The average molecular weight is 473 g/mol. The van der Waals surface area contributed by atoms with Crippen LogP contribution in [-0.4, -0.2) is 53.1 Å². The summed E-state index contributed by atoms with van der Waals surface area (Å²) in [6, 6.07) is 8.05. The number of piperazine rings is 1. The lowest BCUT2D eigenvalue weighted by atomic mass is 10.1. The van der Waals surface area contributed by atoms with Crippen LogP contribution in [0.2, 0.25) is 0 Å². The Morgan fingerprint density at radius 1 is 1.17 bits per heavy atom. The van der Waals surface area contributed by atoms with Crippen LogP contribution in [0.1, 0.15) is 41.3 Å². The fourth-order valence-corrected chi connectivity index (χ4v) is 4.80. The minimum atomic E-state index is -0.0555. The summed E-state index contributed by atoms with van der Waals surface area (Å²) < 4.78 is 14.6. The number of nitrogens with one attached hydrogen (secondary N) is 1. The molecule has 35 heavy (non-hydrogen) atoms. The first-order chi connectivity index (χ1) is 17.1. The van der Waals surface area contributed by atoms with E-state index in [2.05, 4.69) is 28.1 Å². The Labute approximate surface area is 206 Å². The molecule has 1 aliphatic heterocycles. The van der Waals surface area contributed by atoms with Gasteiger partial charge in [0.15, 0.2) is 0 Å². The van der Waals surface area contributed by atoms with E-state index in [1.807, 2.05) is 49.9 Å². The third-order valence-corrected chi connectivity index (χ3v) is 6.55. The van der Waals surface area contributed by atoms with Gasteiger partial charge >= 0.3 is 0 Å². The van der Waals surface area contributed by atoms with Gasteiger partial charge in [-0.1, -0.05) is 30.4 Å². The van der Waals surface area contributed by atoms with E-state index < -0.39 is 0 Å². The molecule has 0 atom stereocenters. The first-order valence-electron chi connectivity index (χ1n) is 12.4. The second-order valence-electron chi connectivity index (χ2n) is 8.98. The molecule has 7 nitrogen and oxygen atoms in total. The van der Waals surface area contributed by atoms with Gasteiger partial charge in [0.1, 0.15) is 22.6 Å². The minimum Gasteiger partial charge on any atom is -0.492 e. The van der Waals surface area contributed by atoms with Crippen molar-refractivity contribution >= 4 is 22.6 Å². The molecule has 2 aliphatic rings. The SMILES string of the molecule is CCOc1cnc2c(C(=O)N3CCNCC3)c(Oc3c(C)cccc3C)n(C3=CC=CCC3)c2c1. The maximum Gasteiger partial charge on any atom is 0.261 e. The lowest BCUT2D eigenvalue weighted by Gasteiger charge is -2.27. The average Bonchev–Trinajstić information content (AvgIpc) is 3.20. The third kappa shape index (κ3) is 4.44. The van der Waals surface area contributed by atoms with Crippen molar-refractivity contribution in [1.82, 2.24) is 19.8 Å². The van der Waals surface area contributed by atoms with Gasteiger partial charge in [-0.15, -0.1) is 0 Å². The highest BCUT2D eigenvalue weighted by molar-refractivity contribution is 6.09. The number of carbonyl (C=O) groups is 1. The van der Waals surface area contributed by atoms with Crippen LogP contribution in [0.5, 0.6) is 17.4 Å². The number of aromatic nitrogens is 2. The highest BCUT2D eigenvalue weighted by atomic mass is 16.5. The molecule has 2 aromatic heterocycles. The zero-order valence-corrected chi connectivity index (χ0v) is 20.6. The van der Waals surface area contributed by atoms with Crippen molar-refractivity contribution < 1.29 is 14.3 Å². The summed E-state index contributed by atoms with van der Waals surface area (Å²) in [7, 11) is 0. The van der Waals surface area contributed by atoms with Crippen molar-refractivity contribution in [1.29, 1.82) is 0 Å². The quantitative estimate of drug-likeness (QED) is 0.542. The topological polar surface area (TPSA) is 68.6 Å². The van der Waals surface area contributed by atoms with Crippen molar-refractivity contribution in [3.63, 3.8) is 0 Å². The molecule has 3 aromatic rings. The monoisotopic (exact) mass is 472 g/mol. The highest BCUT2D eigenvalue weighted by Gasteiger charge is 2.31. The maximum atomic E-state index is 14.0. The summed E-state index contributed by atoms with van der Waals surface area (Å²) in [4.78, 5) is 20.6. The smallest absolute Gasteiger partial charge is 0.261 e. The third-order valence-electron chi connectivity index (χ3n) is 6.55. The van der Waals surface area contributed by atoms with Crippen molar-refractivity contribution in [3.05, 3.63) is 65.4 Å². The van der Waals surface area contributed by atoms with Gasteiger partial charge in [0.2, 0.25) is 5.88 Å². The summed E-state index contributed by atoms with van der Waals surface area (Å²) >= 11 is 0. The van der Waals surface area contributed by atoms with Gasteiger partial charge in [-0.3, -0.25) is 9.36 Å². The number of allylic oxidation sites excluding steroid dienone is 4. The van der Waals surface area contributed by atoms with Gasteiger partial charge in [-0.05, 0) is 50.8 Å². The Kier molecular flexibility index (Phi) is 6.59. The summed E-state index contributed by atoms with van der Waals surface area (Å²) in [5.41, 5.74) is 5.05. The molecule has 1 fully saturated rings. The van der Waals surface area contributed by atoms with E-state index in [1.165, 1.54) is 0 Å². The zero-order valence-electron chi connectivity index (χ0n) is 20.6. The lowest BCUT2D eigenvalue weighted by molar-refractivity contribution is 0.0734. The van der Waals surface area contributed by atoms with E-state index in [0.29, 0.717) is 42.4 Å². The molecule has 0 spiro atoms. The second kappa shape index (κ2) is 9.96. The maximum absolute atomic E-state index is 14.0. The predicted molar refractivity (Wildman–Crippen MR) is 138 cm³/mol. The number of ether oxygens (including phenoxy) is 2. The molecule has 0 bridgehead atoms. The van der Waals surface area contributed by atoms with E-state index in [4.69, 9.17) is 14.5 Å². The zero-order chi connectivity index (χ0) is 24.4. The van der Waals surface area contributed by atoms with Crippen molar-refractivity contribution in [2.24, 2.45) is 0 Å². The number of carbonyl (C=O) groups excluding carboxylic acids is 1. The first kappa shape index (κ1) is 23.2. The summed E-state index contributed by atoms with van der Waals surface area (Å²) in [6.07, 6.45) is 9.76. The first-order valence-corrected chi connectivity index (χ1v) is 12.4. The van der Waals surface area contributed by atoms with Gasteiger partial charge in [0.25, 0.3) is 5.91 Å². The molecule has 3 heterocycles. The highest BCUT2D eigenvalue weighted by Crippen LogP contribution is 2.41. The van der Waals surface area contributed by atoms with E-state index in [-0.39, 0.29) is 5.91 Å². The number of para-hydroxylation sites is 1. The van der Waals surface area contributed by atoms with Crippen LogP contribution in [0, 0.1) is 13.8 Å². The fourth-order valence-electron chi connectivity index (χ4n) is 4.80. The molecule has 7 heteroatoms. The van der Waals surface area contributed by atoms with Crippen LogP contribution < -0.4 is 14.8 Å². The predicted octanol–water partition coefficient (Wildman–Crippen LogP) is 5.08. The van der Waals surface area contributed by atoms with Crippen LogP contribution in [0.3, 0.4) is 0 Å². The number of hydrogen-bond donors (Lipinski definition) is 1. The Balaban J connectivity index is 1.78. The molecule has 0 unspecified atom stereocenters. The van der Waals surface area contributed by atoms with E-state index >= 15 is 0 Å². The molecule has 0 saturated carbocycles. The van der Waals surface area contributed by atoms with Crippen molar-refractivity contribution in [2.75, 3.05) is 32.8 Å². The van der Waals surface area contributed by atoms with E-state index in [1.54, 1.807) is 6.20 Å². The number of fused-ring (bicyclic) bond motifs is 1. The van der Waals surface area contributed by atoms with Crippen LogP contribution in [0.4, 0.5) is 0 Å². The molecule has 0 radical (unpaired) electrons. The van der Waals surface area contributed by atoms with E-state index in [0.717, 1.165) is 54.0 Å². The number of nitrogens with zero attached hydrogens (tertiary/aromatic N) is 3. The summed E-state index contributed by atoms with van der Waals surface area (Å²) in [6.45, 7) is 9.39. The number of hydrogen-bond acceptors (Lipinski definition) is 5. The molecule has 1 aliphatic carbocycles. The van der Waals surface area contributed by atoms with Gasteiger partial charge in [0, 0.05) is 37.9 Å². The summed E-state index contributed by atoms with van der Waals surface area (Å²) in [5.74, 6) is 1.90. The second-order valence-corrected chi connectivity index (χ2v) is 8.98. The Morgan fingerprint density at radius 3 is 2.63 bits per heavy atom. The Morgan fingerprint density at radius 2 is 1.94 bits per heavy atom. The molecule has 1 saturated heterocycles. The Bertz CT molecular complexity index is 1300. The molecule has 1 amide bonds. The molecule has 1 aromatic carbocycles. The van der Waals surface area contributed by atoms with Gasteiger partial charge < -0.3 is 19.7 Å². The fraction of sp³-hybridized carbons (Fsp3) is 0.357. The van der Waals surface area contributed by atoms with Gasteiger partial charge in [0.05, 0.1) is 18.3 Å².